The van der Waals surface area contributed by atoms with Gasteiger partial charge in [0.05, 0.1) is 10.1 Å². The smallest absolute Gasteiger partial charge is 0.346 e. The van der Waals surface area contributed by atoms with Gasteiger partial charge in [-0.1, -0.05) is 12.1 Å². The molecule has 0 unspecified atom stereocenters. The summed E-state index contributed by atoms with van der Waals surface area (Å²) < 4.78 is 11.7. The summed E-state index contributed by atoms with van der Waals surface area (Å²) in [7, 11) is 0. The van der Waals surface area contributed by atoms with Crippen molar-refractivity contribution in [3.63, 3.8) is 0 Å². The Morgan fingerprint density at radius 1 is 1.19 bits per heavy atom. The third-order valence-electron chi connectivity index (χ3n) is 4.52. The zero-order valence-corrected chi connectivity index (χ0v) is 14.8. The number of ether oxygens (including phenoxy) is 2. The minimum atomic E-state index is -0.617. The van der Waals surface area contributed by atoms with Crippen LogP contribution in [0.25, 0.3) is 11.0 Å². The highest BCUT2D eigenvalue weighted by Crippen LogP contribution is 2.32. The molecule has 4 rings (SSSR count). The quantitative estimate of drug-likeness (QED) is 0.716. The number of amides is 1. The molecular weight excluding hydrogens is 350 g/mol. The Labute approximate surface area is 154 Å². The van der Waals surface area contributed by atoms with Crippen molar-refractivity contribution in [1.82, 2.24) is 10.0 Å². The van der Waals surface area contributed by atoms with Crippen LogP contribution in [0.1, 0.15) is 27.3 Å². The average Bonchev–Trinajstić information content (AvgIpc) is 3.12. The molecule has 0 atom stereocenters. The van der Waals surface area contributed by atoms with E-state index in [0.717, 1.165) is 11.1 Å². The fraction of sp³-hybridized carbons (Fsp3) is 0.211. The van der Waals surface area contributed by atoms with Gasteiger partial charge >= 0.3 is 11.6 Å². The number of benzene rings is 2. The van der Waals surface area contributed by atoms with E-state index in [4.69, 9.17) is 9.47 Å². The van der Waals surface area contributed by atoms with Gasteiger partial charge in [0.2, 0.25) is 6.79 Å². The molecule has 2 aromatic carbocycles. The molecule has 0 spiro atoms. The third kappa shape index (κ3) is 2.84. The van der Waals surface area contributed by atoms with E-state index >= 15 is 0 Å². The summed E-state index contributed by atoms with van der Waals surface area (Å²) in [5, 5.41) is 15.2. The van der Waals surface area contributed by atoms with Gasteiger partial charge in [0.15, 0.2) is 11.5 Å². The highest BCUT2D eigenvalue weighted by molar-refractivity contribution is 5.93. The number of aromatic nitrogens is 2. The Hall–Kier alpha value is -3.55. The molecule has 138 valence electrons. The molecule has 1 N–H and O–H groups in total. The van der Waals surface area contributed by atoms with Gasteiger partial charge in [0, 0.05) is 17.5 Å². The van der Waals surface area contributed by atoms with Crippen molar-refractivity contribution < 1.29 is 18.7 Å². The molecule has 0 saturated carbocycles. The largest absolute Gasteiger partial charge is 0.805 e. The van der Waals surface area contributed by atoms with Crippen molar-refractivity contribution in [1.29, 1.82) is 0 Å². The lowest BCUT2D eigenvalue weighted by Gasteiger charge is -2.16. The first-order valence-electron chi connectivity index (χ1n) is 8.38. The lowest BCUT2D eigenvalue weighted by Crippen LogP contribution is -2.36. The fourth-order valence-corrected chi connectivity index (χ4v) is 3.09. The van der Waals surface area contributed by atoms with Gasteiger partial charge < -0.3 is 24.7 Å². The molecule has 8 heteroatoms. The maximum atomic E-state index is 12.7. The Morgan fingerprint density at radius 2 is 1.96 bits per heavy atom. The summed E-state index contributed by atoms with van der Waals surface area (Å²) >= 11 is 0. The molecule has 0 bridgehead atoms. The topological polar surface area (TPSA) is 98.5 Å². The van der Waals surface area contributed by atoms with Crippen LogP contribution in [0, 0.1) is 24.0 Å². The van der Waals surface area contributed by atoms with Gasteiger partial charge in [-0.15, -0.1) is 0 Å². The monoisotopic (exact) mass is 367 g/mol. The highest BCUT2D eigenvalue weighted by Gasteiger charge is 2.27. The Bertz CT molecular complexity index is 1140. The molecule has 1 aliphatic heterocycles. The van der Waals surface area contributed by atoms with Gasteiger partial charge in [0.25, 0.3) is 5.52 Å². The first-order chi connectivity index (χ1) is 13.0. The average molecular weight is 367 g/mol. The van der Waals surface area contributed by atoms with E-state index in [1.54, 1.807) is 36.4 Å². The summed E-state index contributed by atoms with van der Waals surface area (Å²) in [6.45, 7) is 3.62. The van der Waals surface area contributed by atoms with Crippen LogP contribution < -0.4 is 19.2 Å². The van der Waals surface area contributed by atoms with Crippen LogP contribution in [0.5, 0.6) is 11.5 Å². The standard InChI is InChI=1S/C19H17N3O5/c1-11-3-5-14-15(7-11)22(25)18(12(2)21(14)24)19(23)20-9-13-4-6-16-17(8-13)27-10-26-16/h3-8H,9-10H2,1-2H3,(H,20,23). The third-order valence-corrected chi connectivity index (χ3v) is 4.52. The van der Waals surface area contributed by atoms with Crippen LogP contribution in [0.3, 0.4) is 0 Å². The van der Waals surface area contributed by atoms with Crippen molar-refractivity contribution in [3.05, 3.63) is 69.0 Å². The van der Waals surface area contributed by atoms with Crippen molar-refractivity contribution in [2.45, 2.75) is 20.4 Å². The SMILES string of the molecule is Cc1ccc2c(c1)[n+](=O)c(C(=O)NCc1ccc3c(c1)OCO3)c(C)n2[O-]. The Morgan fingerprint density at radius 3 is 2.78 bits per heavy atom. The summed E-state index contributed by atoms with van der Waals surface area (Å²) in [6, 6.07) is 10.2. The van der Waals surface area contributed by atoms with E-state index in [1.807, 2.05) is 6.92 Å². The lowest BCUT2D eigenvalue weighted by atomic mass is 10.2. The second-order valence-corrected chi connectivity index (χ2v) is 6.39. The number of hydrogen-bond donors (Lipinski definition) is 1. The molecule has 0 saturated heterocycles. The van der Waals surface area contributed by atoms with E-state index in [9.17, 15) is 14.9 Å². The van der Waals surface area contributed by atoms with Gasteiger partial charge in [-0.05, 0) is 43.2 Å². The van der Waals surface area contributed by atoms with Gasteiger partial charge in [0.1, 0.15) is 5.52 Å². The normalized spacial score (nSPS) is 12.4. The van der Waals surface area contributed by atoms with Crippen molar-refractivity contribution in [2.75, 3.05) is 6.79 Å². The minimum Gasteiger partial charge on any atom is -0.805 e. The second-order valence-electron chi connectivity index (χ2n) is 6.39. The second kappa shape index (κ2) is 6.31. The first kappa shape index (κ1) is 16.9. The number of aryl methyl sites for hydroxylation is 1. The predicted octanol–water partition coefficient (Wildman–Crippen LogP) is 2.18. The molecule has 2 heterocycles. The number of fused-ring (bicyclic) bond motifs is 2. The van der Waals surface area contributed by atoms with Crippen molar-refractivity contribution >= 4 is 16.9 Å². The number of rotatable bonds is 3. The van der Waals surface area contributed by atoms with Crippen LogP contribution in [0.15, 0.2) is 36.4 Å². The minimum absolute atomic E-state index is 0.0459. The number of carbonyl (C=O) groups excluding carboxylic acids is 1. The summed E-state index contributed by atoms with van der Waals surface area (Å²) in [5.41, 5.74) is 1.81. The van der Waals surface area contributed by atoms with E-state index in [0.29, 0.717) is 20.7 Å². The van der Waals surface area contributed by atoms with Crippen LogP contribution in [-0.4, -0.2) is 17.4 Å². The van der Waals surface area contributed by atoms with Crippen LogP contribution in [0.2, 0.25) is 0 Å². The number of nitrogens with one attached hydrogen (secondary N) is 1. The van der Waals surface area contributed by atoms with Gasteiger partial charge in [-0.3, -0.25) is 4.79 Å². The molecule has 3 aromatic rings. The molecule has 0 fully saturated rings. The Kier molecular flexibility index (Phi) is 3.95. The van der Waals surface area contributed by atoms with E-state index in [2.05, 4.69) is 5.32 Å². The van der Waals surface area contributed by atoms with Crippen molar-refractivity contribution in [3.8, 4) is 11.5 Å². The zero-order valence-electron chi connectivity index (χ0n) is 14.8. The molecule has 1 aromatic heterocycles. The summed E-state index contributed by atoms with van der Waals surface area (Å²) in [6.07, 6.45) is 0. The van der Waals surface area contributed by atoms with E-state index in [1.165, 1.54) is 6.92 Å². The fourth-order valence-electron chi connectivity index (χ4n) is 3.09. The Balaban J connectivity index is 1.65. The zero-order chi connectivity index (χ0) is 19.1. The van der Waals surface area contributed by atoms with Crippen molar-refractivity contribution in [2.24, 2.45) is 0 Å². The van der Waals surface area contributed by atoms with Gasteiger partial charge in [-0.2, -0.15) is 0 Å². The van der Waals surface area contributed by atoms with E-state index in [-0.39, 0.29) is 35.8 Å². The first-order valence-corrected chi connectivity index (χ1v) is 8.38. The molecule has 1 aliphatic rings. The van der Waals surface area contributed by atoms with Crippen LogP contribution >= 0.6 is 0 Å². The molecule has 8 nitrogen and oxygen atoms in total. The molecule has 0 aliphatic carbocycles. The summed E-state index contributed by atoms with van der Waals surface area (Å²) in [5.74, 6) is 0.638. The highest BCUT2D eigenvalue weighted by atomic mass is 16.7. The predicted molar refractivity (Wildman–Crippen MR) is 97.3 cm³/mol. The maximum Gasteiger partial charge on any atom is 0.346 e. The number of nitrogens with zero attached hydrogens (tertiary/aromatic N) is 2. The molecule has 1 amide bonds. The van der Waals surface area contributed by atoms with Gasteiger partial charge in [-0.25, -0.2) is 0 Å². The number of carbonyl (C=O) groups is 1. The molecular formula is C19H17N3O5. The van der Waals surface area contributed by atoms with Crippen LogP contribution in [0.4, 0.5) is 0 Å². The van der Waals surface area contributed by atoms with Crippen LogP contribution in [-0.2, 0) is 6.54 Å². The number of hydrogen-bond acceptors (Lipinski definition) is 5. The lowest BCUT2D eigenvalue weighted by molar-refractivity contribution is -0.468. The van der Waals surface area contributed by atoms with E-state index < -0.39 is 5.91 Å². The molecule has 0 radical (unpaired) electrons. The maximum absolute atomic E-state index is 12.7. The molecule has 27 heavy (non-hydrogen) atoms. The summed E-state index contributed by atoms with van der Waals surface area (Å²) in [4.78, 5) is 25.4.